The molecule has 0 saturated carbocycles. The third-order valence-corrected chi connectivity index (χ3v) is 5.33. The van der Waals surface area contributed by atoms with Gasteiger partial charge in [-0.15, -0.1) is 0 Å². The van der Waals surface area contributed by atoms with Crippen molar-refractivity contribution >= 4 is 23.3 Å². The Kier molecular flexibility index (Phi) is 5.45. The molecule has 7 heteroatoms. The largest absolute Gasteiger partial charge is 0.353 e. The van der Waals surface area contributed by atoms with Crippen LogP contribution in [0.5, 0.6) is 0 Å². The van der Waals surface area contributed by atoms with Crippen LogP contribution in [0.3, 0.4) is 0 Å². The van der Waals surface area contributed by atoms with Crippen LogP contribution in [-0.4, -0.2) is 47.0 Å². The normalized spacial score (nSPS) is 14.2. The summed E-state index contributed by atoms with van der Waals surface area (Å²) in [5, 5.41) is 0.261. The molecule has 0 radical (unpaired) electrons. The van der Waals surface area contributed by atoms with Crippen molar-refractivity contribution in [1.29, 1.82) is 0 Å². The number of nitrogens with zero attached hydrogens (tertiary/aromatic N) is 4. The first-order valence-corrected chi connectivity index (χ1v) is 9.78. The van der Waals surface area contributed by atoms with Gasteiger partial charge in [0.1, 0.15) is 11.6 Å². The van der Waals surface area contributed by atoms with Crippen molar-refractivity contribution in [3.8, 4) is 11.4 Å². The van der Waals surface area contributed by atoms with Crippen LogP contribution in [-0.2, 0) is 0 Å². The molecule has 148 valence electrons. The number of rotatable bonds is 3. The summed E-state index contributed by atoms with van der Waals surface area (Å²) in [5.41, 5.74) is 2.35. The van der Waals surface area contributed by atoms with E-state index in [1.54, 1.807) is 11.1 Å². The van der Waals surface area contributed by atoms with Crippen molar-refractivity contribution in [1.82, 2.24) is 14.9 Å². The third-order valence-electron chi connectivity index (χ3n) is 5.00. The maximum atomic E-state index is 13.5. The van der Waals surface area contributed by atoms with Gasteiger partial charge in [-0.1, -0.05) is 41.4 Å². The lowest BCUT2D eigenvalue weighted by Crippen LogP contribution is -2.49. The molecule has 1 fully saturated rings. The number of hydrogen-bond donors (Lipinski definition) is 0. The zero-order valence-corrected chi connectivity index (χ0v) is 16.7. The van der Waals surface area contributed by atoms with E-state index in [1.807, 2.05) is 37.3 Å². The minimum Gasteiger partial charge on any atom is -0.353 e. The van der Waals surface area contributed by atoms with Gasteiger partial charge in [-0.25, -0.2) is 14.4 Å². The smallest absolute Gasteiger partial charge is 0.255 e. The molecule has 0 N–H and O–H groups in total. The van der Waals surface area contributed by atoms with Gasteiger partial charge in [0.05, 0.1) is 10.6 Å². The fourth-order valence-corrected chi connectivity index (χ4v) is 3.54. The van der Waals surface area contributed by atoms with Crippen LogP contribution < -0.4 is 4.90 Å². The number of aryl methyl sites for hydroxylation is 1. The second kappa shape index (κ2) is 8.17. The van der Waals surface area contributed by atoms with Gasteiger partial charge in [0.2, 0.25) is 0 Å². The molecule has 29 heavy (non-hydrogen) atoms. The molecule has 5 nitrogen and oxygen atoms in total. The van der Waals surface area contributed by atoms with Crippen molar-refractivity contribution in [2.45, 2.75) is 6.92 Å². The van der Waals surface area contributed by atoms with Gasteiger partial charge in [0.25, 0.3) is 5.91 Å². The number of hydrogen-bond acceptors (Lipinski definition) is 4. The van der Waals surface area contributed by atoms with Gasteiger partial charge in [0, 0.05) is 37.9 Å². The Hall–Kier alpha value is -2.99. The molecule has 0 bridgehead atoms. The van der Waals surface area contributed by atoms with E-state index >= 15 is 0 Å². The molecule has 1 saturated heterocycles. The predicted molar refractivity (Wildman–Crippen MR) is 112 cm³/mol. The van der Waals surface area contributed by atoms with Gasteiger partial charge >= 0.3 is 0 Å². The Balaban J connectivity index is 1.46. The van der Waals surface area contributed by atoms with Gasteiger partial charge in [-0.2, -0.15) is 0 Å². The molecule has 1 aromatic heterocycles. The van der Waals surface area contributed by atoms with Crippen LogP contribution in [0.25, 0.3) is 11.4 Å². The zero-order valence-electron chi connectivity index (χ0n) is 16.0. The lowest BCUT2D eigenvalue weighted by atomic mass is 10.1. The number of aromatic nitrogens is 2. The summed E-state index contributed by atoms with van der Waals surface area (Å²) in [5.74, 6) is 0.775. The first-order valence-electron chi connectivity index (χ1n) is 9.40. The van der Waals surface area contributed by atoms with Gasteiger partial charge < -0.3 is 9.80 Å². The number of carbonyl (C=O) groups excluding carboxylic acids is 1. The highest BCUT2D eigenvalue weighted by Crippen LogP contribution is 2.22. The molecule has 0 atom stereocenters. The second-order valence-corrected chi connectivity index (χ2v) is 7.42. The minimum atomic E-state index is -0.471. The average molecular weight is 411 g/mol. The Morgan fingerprint density at radius 3 is 2.48 bits per heavy atom. The van der Waals surface area contributed by atoms with E-state index < -0.39 is 5.82 Å². The monoisotopic (exact) mass is 410 g/mol. The number of amides is 1. The molecule has 2 aromatic carbocycles. The van der Waals surface area contributed by atoms with E-state index in [-0.39, 0.29) is 16.5 Å². The molecular formula is C22H20ClFN4O. The molecule has 1 aliphatic rings. The van der Waals surface area contributed by atoms with Crippen LogP contribution in [0, 0.1) is 12.7 Å². The van der Waals surface area contributed by atoms with Crippen LogP contribution in [0.1, 0.15) is 15.9 Å². The first-order chi connectivity index (χ1) is 14.0. The number of halogens is 2. The van der Waals surface area contributed by atoms with Crippen LogP contribution >= 0.6 is 11.6 Å². The van der Waals surface area contributed by atoms with E-state index in [0.29, 0.717) is 32.0 Å². The SMILES string of the molecule is Cc1ccc(-c2nccc(N3CCN(C(=O)c4cc(F)ccc4Cl)CC3)n2)cc1. The Morgan fingerprint density at radius 2 is 1.76 bits per heavy atom. The highest BCUT2D eigenvalue weighted by molar-refractivity contribution is 6.33. The first kappa shape index (κ1) is 19.3. The number of anilines is 1. The summed E-state index contributed by atoms with van der Waals surface area (Å²) in [6, 6.07) is 13.8. The lowest BCUT2D eigenvalue weighted by molar-refractivity contribution is 0.0746. The topological polar surface area (TPSA) is 49.3 Å². The minimum absolute atomic E-state index is 0.198. The molecule has 0 unspecified atom stereocenters. The van der Waals surface area contributed by atoms with Crippen LogP contribution in [0.2, 0.25) is 5.02 Å². The van der Waals surface area contributed by atoms with Crippen molar-refractivity contribution in [2.75, 3.05) is 31.1 Å². The fraction of sp³-hybridized carbons (Fsp3) is 0.227. The number of carbonyl (C=O) groups is 1. The molecule has 0 aliphatic carbocycles. The molecule has 4 rings (SSSR count). The fourth-order valence-electron chi connectivity index (χ4n) is 3.34. The van der Waals surface area contributed by atoms with Crippen LogP contribution in [0.15, 0.2) is 54.7 Å². The van der Waals surface area contributed by atoms with Gasteiger partial charge in [0.15, 0.2) is 5.82 Å². The van der Waals surface area contributed by atoms with Crippen molar-refractivity contribution < 1.29 is 9.18 Å². The predicted octanol–water partition coefficient (Wildman–Crippen LogP) is 4.21. The van der Waals surface area contributed by atoms with E-state index in [9.17, 15) is 9.18 Å². The number of benzene rings is 2. The van der Waals surface area contributed by atoms with Gasteiger partial charge in [-0.3, -0.25) is 4.79 Å². The standard InChI is InChI=1S/C22H20ClFN4O/c1-15-2-4-16(5-3-15)21-25-9-8-20(26-21)27-10-12-28(13-11-27)22(29)18-14-17(24)6-7-19(18)23/h2-9,14H,10-13H2,1H3. The maximum Gasteiger partial charge on any atom is 0.255 e. The molecular weight excluding hydrogens is 391 g/mol. The summed E-state index contributed by atoms with van der Waals surface area (Å²) in [6.07, 6.45) is 1.75. The number of piperazine rings is 1. The summed E-state index contributed by atoms with van der Waals surface area (Å²) >= 11 is 6.08. The lowest BCUT2D eigenvalue weighted by Gasteiger charge is -2.35. The molecule has 2 heterocycles. The Labute approximate surface area is 173 Å². The van der Waals surface area contributed by atoms with E-state index in [1.165, 1.54) is 23.8 Å². The van der Waals surface area contributed by atoms with E-state index in [0.717, 1.165) is 11.4 Å². The highest BCUT2D eigenvalue weighted by Gasteiger charge is 2.24. The van der Waals surface area contributed by atoms with Gasteiger partial charge in [-0.05, 0) is 31.2 Å². The van der Waals surface area contributed by atoms with E-state index in [2.05, 4.69) is 9.88 Å². The molecule has 0 spiro atoms. The summed E-state index contributed by atoms with van der Waals surface area (Å²) < 4.78 is 13.5. The Bertz CT molecular complexity index is 1030. The third kappa shape index (κ3) is 4.22. The van der Waals surface area contributed by atoms with E-state index in [4.69, 9.17) is 16.6 Å². The quantitative estimate of drug-likeness (QED) is 0.649. The highest BCUT2D eigenvalue weighted by atomic mass is 35.5. The molecule has 3 aromatic rings. The Morgan fingerprint density at radius 1 is 1.03 bits per heavy atom. The van der Waals surface area contributed by atoms with Crippen molar-refractivity contribution in [3.05, 3.63) is 76.7 Å². The van der Waals surface area contributed by atoms with Crippen molar-refractivity contribution in [3.63, 3.8) is 0 Å². The molecule has 1 aliphatic heterocycles. The van der Waals surface area contributed by atoms with Crippen LogP contribution in [0.4, 0.5) is 10.2 Å². The average Bonchev–Trinajstić information content (AvgIpc) is 2.76. The van der Waals surface area contributed by atoms with Crippen molar-refractivity contribution in [2.24, 2.45) is 0 Å². The zero-order chi connectivity index (χ0) is 20.4. The molecule has 1 amide bonds. The summed E-state index contributed by atoms with van der Waals surface area (Å²) in [4.78, 5) is 25.6. The second-order valence-electron chi connectivity index (χ2n) is 7.01. The maximum absolute atomic E-state index is 13.5. The summed E-state index contributed by atoms with van der Waals surface area (Å²) in [6.45, 7) is 4.32. The summed E-state index contributed by atoms with van der Waals surface area (Å²) in [7, 11) is 0.